The maximum absolute atomic E-state index is 5.87. The van der Waals surface area contributed by atoms with Crippen LogP contribution in [-0.4, -0.2) is 10.1 Å². The molecular weight excluding hydrogens is 358 g/mol. The molecule has 0 spiro atoms. The van der Waals surface area contributed by atoms with Crippen LogP contribution in [0.2, 0.25) is 5.02 Å². The molecule has 0 aliphatic rings. The van der Waals surface area contributed by atoms with Gasteiger partial charge in [0.2, 0.25) is 0 Å². The molecule has 6 heteroatoms. The molecule has 0 amide bonds. The fourth-order valence-electron chi connectivity index (χ4n) is 1.63. The van der Waals surface area contributed by atoms with Crippen LogP contribution in [0.3, 0.4) is 0 Å². The molecule has 0 fully saturated rings. The van der Waals surface area contributed by atoms with Crippen molar-refractivity contribution < 1.29 is 0 Å². The van der Waals surface area contributed by atoms with Gasteiger partial charge in [0.25, 0.3) is 0 Å². The highest BCUT2D eigenvalue weighted by Crippen LogP contribution is 2.16. The van der Waals surface area contributed by atoms with E-state index in [1.165, 1.54) is 0 Å². The van der Waals surface area contributed by atoms with Crippen molar-refractivity contribution in [3.8, 4) is 0 Å². The van der Waals surface area contributed by atoms with Crippen molar-refractivity contribution in [3.05, 3.63) is 57.7 Å². The van der Waals surface area contributed by atoms with Crippen LogP contribution in [0.4, 0.5) is 5.82 Å². The van der Waals surface area contributed by atoms with E-state index in [1.54, 1.807) is 6.20 Å². The third-order valence-electron chi connectivity index (χ3n) is 2.69. The Morgan fingerprint density at radius 1 is 1.25 bits per heavy atom. The van der Waals surface area contributed by atoms with E-state index in [4.69, 9.17) is 23.8 Å². The first-order valence-corrected chi connectivity index (χ1v) is 7.57. The van der Waals surface area contributed by atoms with E-state index < -0.39 is 0 Å². The minimum atomic E-state index is 0.0858. The molecule has 1 aromatic heterocycles. The molecule has 2 aromatic rings. The molecule has 20 heavy (non-hydrogen) atoms. The highest BCUT2D eigenvalue weighted by molar-refractivity contribution is 9.10. The first-order chi connectivity index (χ1) is 9.54. The molecule has 2 rings (SSSR count). The summed E-state index contributed by atoms with van der Waals surface area (Å²) in [5.41, 5.74) is 1.11. The molecule has 2 N–H and O–H groups in total. The zero-order valence-corrected chi connectivity index (χ0v) is 13.9. The number of benzene rings is 1. The Kier molecular flexibility index (Phi) is 5.34. The van der Waals surface area contributed by atoms with Gasteiger partial charge in [0.15, 0.2) is 5.11 Å². The van der Waals surface area contributed by atoms with Crippen molar-refractivity contribution in [2.45, 2.75) is 13.0 Å². The number of nitrogens with one attached hydrogen (secondary N) is 2. The van der Waals surface area contributed by atoms with Gasteiger partial charge in [0.05, 0.1) is 6.04 Å². The zero-order chi connectivity index (χ0) is 14.5. The number of halogens is 2. The molecule has 1 heterocycles. The van der Waals surface area contributed by atoms with Gasteiger partial charge in [-0.1, -0.05) is 23.7 Å². The van der Waals surface area contributed by atoms with Gasteiger partial charge in [-0.3, -0.25) is 0 Å². The summed E-state index contributed by atoms with van der Waals surface area (Å²) in [6, 6.07) is 11.5. The summed E-state index contributed by atoms with van der Waals surface area (Å²) in [5.74, 6) is 0.703. The van der Waals surface area contributed by atoms with Gasteiger partial charge < -0.3 is 10.6 Å². The quantitative estimate of drug-likeness (QED) is 0.778. The van der Waals surface area contributed by atoms with Crippen molar-refractivity contribution >= 4 is 50.7 Å². The first kappa shape index (κ1) is 15.2. The topological polar surface area (TPSA) is 37.0 Å². The van der Waals surface area contributed by atoms with Gasteiger partial charge in [0, 0.05) is 15.7 Å². The second-order valence-electron chi connectivity index (χ2n) is 4.23. The molecule has 0 aliphatic carbocycles. The number of pyridine rings is 1. The van der Waals surface area contributed by atoms with Crippen molar-refractivity contribution in [3.63, 3.8) is 0 Å². The van der Waals surface area contributed by atoms with E-state index in [1.807, 2.05) is 43.3 Å². The summed E-state index contributed by atoms with van der Waals surface area (Å²) in [7, 11) is 0. The van der Waals surface area contributed by atoms with Crippen LogP contribution < -0.4 is 10.6 Å². The van der Waals surface area contributed by atoms with Gasteiger partial charge in [-0.05, 0) is 64.9 Å². The van der Waals surface area contributed by atoms with E-state index in [0.29, 0.717) is 10.9 Å². The lowest BCUT2D eigenvalue weighted by atomic mass is 10.1. The smallest absolute Gasteiger partial charge is 0.172 e. The molecule has 0 radical (unpaired) electrons. The summed E-state index contributed by atoms with van der Waals surface area (Å²) >= 11 is 14.5. The fraction of sp³-hybridized carbons (Fsp3) is 0.143. The average Bonchev–Trinajstić information content (AvgIpc) is 2.42. The Morgan fingerprint density at radius 2 is 1.95 bits per heavy atom. The normalized spacial score (nSPS) is 11.8. The second-order valence-corrected chi connectivity index (χ2v) is 5.99. The average molecular weight is 371 g/mol. The lowest BCUT2D eigenvalue weighted by Crippen LogP contribution is -2.31. The number of rotatable bonds is 3. The zero-order valence-electron chi connectivity index (χ0n) is 10.7. The number of hydrogen-bond donors (Lipinski definition) is 2. The number of hydrogen-bond acceptors (Lipinski definition) is 2. The van der Waals surface area contributed by atoms with E-state index >= 15 is 0 Å². The molecule has 3 nitrogen and oxygen atoms in total. The minimum Gasteiger partial charge on any atom is -0.356 e. The predicted octanol–water partition coefficient (Wildman–Crippen LogP) is 4.55. The molecule has 0 unspecified atom stereocenters. The Morgan fingerprint density at radius 3 is 2.55 bits per heavy atom. The Bertz CT molecular complexity index is 586. The number of nitrogens with zero attached hydrogens (tertiary/aromatic N) is 1. The summed E-state index contributed by atoms with van der Waals surface area (Å²) in [6.45, 7) is 2.03. The van der Waals surface area contributed by atoms with Gasteiger partial charge in [-0.2, -0.15) is 0 Å². The monoisotopic (exact) mass is 369 g/mol. The predicted molar refractivity (Wildman–Crippen MR) is 91.2 cm³/mol. The number of anilines is 1. The van der Waals surface area contributed by atoms with Crippen molar-refractivity contribution in [1.29, 1.82) is 0 Å². The standard InChI is InChI=1S/C14H13BrClN3S/c1-9(10-2-5-12(16)6-3-10)18-14(20)19-13-7-4-11(15)8-17-13/h2-9H,1H3,(H2,17,18,19,20)/t9-/m0/s1. The van der Waals surface area contributed by atoms with Crippen LogP contribution in [0, 0.1) is 0 Å². The number of thiocarbonyl (C=S) groups is 1. The Balaban J connectivity index is 1.93. The van der Waals surface area contributed by atoms with Crippen LogP contribution in [0.25, 0.3) is 0 Å². The third kappa shape index (κ3) is 4.44. The number of aromatic nitrogens is 1. The van der Waals surface area contributed by atoms with Gasteiger partial charge in [-0.25, -0.2) is 4.98 Å². The third-order valence-corrected chi connectivity index (χ3v) is 3.63. The summed E-state index contributed by atoms with van der Waals surface area (Å²) in [6.07, 6.45) is 1.72. The van der Waals surface area contributed by atoms with Gasteiger partial charge >= 0.3 is 0 Å². The van der Waals surface area contributed by atoms with Gasteiger partial charge in [-0.15, -0.1) is 0 Å². The molecular formula is C14H13BrClN3S. The van der Waals surface area contributed by atoms with Crippen molar-refractivity contribution in [2.75, 3.05) is 5.32 Å². The van der Waals surface area contributed by atoms with E-state index in [-0.39, 0.29) is 6.04 Å². The minimum absolute atomic E-state index is 0.0858. The Labute approximate surface area is 136 Å². The molecule has 1 aromatic carbocycles. The molecule has 1 atom stereocenters. The van der Waals surface area contributed by atoms with Crippen LogP contribution in [0.15, 0.2) is 47.1 Å². The molecule has 0 bridgehead atoms. The summed E-state index contributed by atoms with van der Waals surface area (Å²) in [4.78, 5) is 4.21. The SMILES string of the molecule is C[C@H](NC(=S)Nc1ccc(Br)cn1)c1ccc(Cl)cc1. The lowest BCUT2D eigenvalue weighted by Gasteiger charge is -2.17. The highest BCUT2D eigenvalue weighted by Gasteiger charge is 2.07. The van der Waals surface area contributed by atoms with Crippen molar-refractivity contribution in [2.24, 2.45) is 0 Å². The van der Waals surface area contributed by atoms with E-state index in [9.17, 15) is 0 Å². The molecule has 104 valence electrons. The maximum Gasteiger partial charge on any atom is 0.172 e. The van der Waals surface area contributed by atoms with Gasteiger partial charge in [0.1, 0.15) is 5.82 Å². The molecule has 0 aliphatic heterocycles. The van der Waals surface area contributed by atoms with Crippen LogP contribution in [-0.2, 0) is 0 Å². The van der Waals surface area contributed by atoms with E-state index in [0.717, 1.165) is 15.1 Å². The first-order valence-electron chi connectivity index (χ1n) is 5.99. The highest BCUT2D eigenvalue weighted by atomic mass is 79.9. The summed E-state index contributed by atoms with van der Waals surface area (Å²) in [5, 5.41) is 7.50. The molecule has 0 saturated heterocycles. The lowest BCUT2D eigenvalue weighted by molar-refractivity contribution is 0.722. The van der Waals surface area contributed by atoms with Crippen LogP contribution >= 0.6 is 39.7 Å². The largest absolute Gasteiger partial charge is 0.356 e. The summed E-state index contributed by atoms with van der Waals surface area (Å²) < 4.78 is 0.927. The van der Waals surface area contributed by atoms with Crippen LogP contribution in [0.5, 0.6) is 0 Å². The van der Waals surface area contributed by atoms with Crippen molar-refractivity contribution in [1.82, 2.24) is 10.3 Å². The maximum atomic E-state index is 5.87. The second kappa shape index (κ2) is 7.02. The van der Waals surface area contributed by atoms with Crippen LogP contribution in [0.1, 0.15) is 18.5 Å². The fourth-order valence-corrected chi connectivity index (χ4v) is 2.28. The van der Waals surface area contributed by atoms with E-state index in [2.05, 4.69) is 31.5 Å². The molecule has 0 saturated carbocycles. The Hall–Kier alpha value is -1.17.